The van der Waals surface area contributed by atoms with Crippen LogP contribution in [0, 0.1) is 5.82 Å². The van der Waals surface area contributed by atoms with Crippen molar-refractivity contribution in [3.05, 3.63) is 42.0 Å². The predicted molar refractivity (Wildman–Crippen MR) is 64.8 cm³/mol. The highest BCUT2D eigenvalue weighted by Gasteiger charge is 2.20. The van der Waals surface area contributed by atoms with E-state index in [1.165, 1.54) is 12.1 Å². The van der Waals surface area contributed by atoms with Crippen molar-refractivity contribution in [1.82, 2.24) is 9.19 Å². The molecular weight excluding hydrogens is 275 g/mol. The van der Waals surface area contributed by atoms with Gasteiger partial charge in [0.05, 0.1) is 12.5 Å². The molecule has 1 aromatic heterocycles. The summed E-state index contributed by atoms with van der Waals surface area (Å²) in [6.45, 7) is 0. The maximum atomic E-state index is 12.8. The molecule has 6 nitrogen and oxygen atoms in total. The minimum absolute atomic E-state index is 0.109. The van der Waals surface area contributed by atoms with Gasteiger partial charge in [-0.3, -0.25) is 0 Å². The molecule has 0 saturated heterocycles. The van der Waals surface area contributed by atoms with Gasteiger partial charge in [-0.2, -0.15) is 9.19 Å². The molecule has 0 radical (unpaired) electrons. The summed E-state index contributed by atoms with van der Waals surface area (Å²) in [5.74, 6) is -1.84. The van der Waals surface area contributed by atoms with Gasteiger partial charge in [-0.05, 0) is 17.7 Å². The molecule has 0 bridgehead atoms. The van der Waals surface area contributed by atoms with E-state index in [1.807, 2.05) is 0 Å². The molecule has 0 spiro atoms. The number of aromatic carboxylic acids is 1. The first-order chi connectivity index (χ1) is 8.79. The van der Waals surface area contributed by atoms with Crippen LogP contribution in [0.25, 0.3) is 11.1 Å². The molecule has 100 valence electrons. The second kappa shape index (κ2) is 4.47. The fourth-order valence-electron chi connectivity index (χ4n) is 1.52. The molecule has 0 saturated carbocycles. The molecule has 2 rings (SSSR count). The van der Waals surface area contributed by atoms with Crippen molar-refractivity contribution in [2.75, 3.05) is 6.26 Å². The molecule has 1 aromatic carbocycles. The van der Waals surface area contributed by atoms with E-state index in [1.54, 1.807) is 0 Å². The van der Waals surface area contributed by atoms with Crippen molar-refractivity contribution in [1.29, 1.82) is 0 Å². The number of nitrogens with zero attached hydrogens (tertiary/aromatic N) is 2. The molecule has 0 amide bonds. The van der Waals surface area contributed by atoms with Crippen LogP contribution in [-0.4, -0.2) is 34.9 Å². The summed E-state index contributed by atoms with van der Waals surface area (Å²) >= 11 is 0. The Kier molecular flexibility index (Phi) is 3.11. The quantitative estimate of drug-likeness (QED) is 0.914. The van der Waals surface area contributed by atoms with Crippen LogP contribution in [0.3, 0.4) is 0 Å². The van der Waals surface area contributed by atoms with E-state index < -0.39 is 27.5 Å². The maximum Gasteiger partial charge on any atom is 0.357 e. The van der Waals surface area contributed by atoms with E-state index in [2.05, 4.69) is 5.10 Å². The molecule has 0 aliphatic heterocycles. The number of carbonyl (C=O) groups is 1. The zero-order valence-electron chi connectivity index (χ0n) is 9.74. The Bertz CT molecular complexity index is 735. The normalized spacial score (nSPS) is 11.5. The van der Waals surface area contributed by atoms with Crippen molar-refractivity contribution in [3.63, 3.8) is 0 Å². The van der Waals surface area contributed by atoms with E-state index in [9.17, 15) is 17.6 Å². The van der Waals surface area contributed by atoms with Crippen LogP contribution in [0.1, 0.15) is 10.5 Å². The number of carboxylic acids is 1. The van der Waals surface area contributed by atoms with E-state index in [0.29, 0.717) is 9.65 Å². The highest BCUT2D eigenvalue weighted by molar-refractivity contribution is 7.89. The summed E-state index contributed by atoms with van der Waals surface area (Å²) in [5, 5.41) is 12.5. The number of aromatic nitrogens is 2. The number of hydrogen-bond donors (Lipinski definition) is 1. The summed E-state index contributed by atoms with van der Waals surface area (Å²) in [6.07, 6.45) is 1.99. The summed E-state index contributed by atoms with van der Waals surface area (Å²) in [4.78, 5) is 11.1. The van der Waals surface area contributed by atoms with Gasteiger partial charge in [-0.25, -0.2) is 17.6 Å². The van der Waals surface area contributed by atoms with E-state index in [0.717, 1.165) is 24.6 Å². The largest absolute Gasteiger partial charge is 0.476 e. The monoisotopic (exact) mass is 284 g/mol. The average molecular weight is 284 g/mol. The lowest BCUT2D eigenvalue weighted by Gasteiger charge is -1.98. The van der Waals surface area contributed by atoms with Crippen LogP contribution >= 0.6 is 0 Å². The lowest BCUT2D eigenvalue weighted by Crippen LogP contribution is -2.11. The van der Waals surface area contributed by atoms with Gasteiger partial charge >= 0.3 is 5.97 Å². The standard InChI is InChI=1S/C11H9FN2O4S/c1-19(17,18)14-6-9(10(13-14)11(15)16)7-2-4-8(12)5-3-7/h2-6H,1H3,(H,15,16). The molecule has 0 aliphatic rings. The Morgan fingerprint density at radius 1 is 1.32 bits per heavy atom. The van der Waals surface area contributed by atoms with Crippen LogP contribution in [0.2, 0.25) is 0 Å². The second-order valence-corrected chi connectivity index (χ2v) is 5.68. The van der Waals surface area contributed by atoms with Gasteiger partial charge in [0, 0.05) is 5.56 Å². The molecule has 19 heavy (non-hydrogen) atoms. The fraction of sp³-hybridized carbons (Fsp3) is 0.0909. The highest BCUT2D eigenvalue weighted by atomic mass is 32.2. The topological polar surface area (TPSA) is 89.3 Å². The lowest BCUT2D eigenvalue weighted by molar-refractivity contribution is 0.0691. The van der Waals surface area contributed by atoms with Gasteiger partial charge in [-0.1, -0.05) is 12.1 Å². The first-order valence-corrected chi connectivity index (χ1v) is 6.93. The second-order valence-electron chi connectivity index (χ2n) is 3.84. The molecule has 0 aliphatic carbocycles. The molecule has 8 heteroatoms. The number of carboxylic acid groups (broad SMARTS) is 1. The number of rotatable bonds is 3. The Balaban J connectivity index is 2.65. The Hall–Kier alpha value is -2.22. The highest BCUT2D eigenvalue weighted by Crippen LogP contribution is 2.23. The molecule has 1 N–H and O–H groups in total. The van der Waals surface area contributed by atoms with Gasteiger partial charge in [-0.15, -0.1) is 0 Å². The summed E-state index contributed by atoms with van der Waals surface area (Å²) < 4.78 is 36.1. The van der Waals surface area contributed by atoms with Crippen molar-refractivity contribution in [2.24, 2.45) is 0 Å². The minimum atomic E-state index is -3.69. The average Bonchev–Trinajstić information content (AvgIpc) is 2.74. The van der Waals surface area contributed by atoms with Gasteiger partial charge in [0.15, 0.2) is 5.69 Å². The molecule has 0 fully saturated rings. The lowest BCUT2D eigenvalue weighted by atomic mass is 10.1. The van der Waals surface area contributed by atoms with Crippen molar-refractivity contribution in [2.45, 2.75) is 0 Å². The molecule has 0 unspecified atom stereocenters. The molecular formula is C11H9FN2O4S. The molecule has 0 atom stereocenters. The SMILES string of the molecule is CS(=O)(=O)n1cc(-c2ccc(F)cc2)c(C(=O)O)n1. The number of benzene rings is 1. The zero-order chi connectivity index (χ0) is 14.2. The number of hydrogen-bond acceptors (Lipinski definition) is 4. The van der Waals surface area contributed by atoms with Crippen molar-refractivity contribution in [3.8, 4) is 11.1 Å². The smallest absolute Gasteiger partial charge is 0.357 e. The van der Waals surface area contributed by atoms with E-state index >= 15 is 0 Å². The van der Waals surface area contributed by atoms with Gasteiger partial charge in [0.1, 0.15) is 5.82 Å². The third kappa shape index (κ3) is 2.63. The number of halogens is 1. The third-order valence-corrected chi connectivity index (χ3v) is 3.26. The molecule has 1 heterocycles. The van der Waals surface area contributed by atoms with Gasteiger partial charge in [0.25, 0.3) is 10.0 Å². The maximum absolute atomic E-state index is 12.8. The first kappa shape index (κ1) is 13.2. The summed E-state index contributed by atoms with van der Waals surface area (Å²) in [5.41, 5.74) is 0.0728. The van der Waals surface area contributed by atoms with Crippen LogP contribution in [0.4, 0.5) is 4.39 Å². The zero-order valence-corrected chi connectivity index (χ0v) is 10.6. The van der Waals surface area contributed by atoms with Crippen LogP contribution in [0.5, 0.6) is 0 Å². The first-order valence-electron chi connectivity index (χ1n) is 5.08. The Labute approximate surface area is 108 Å². The third-order valence-electron chi connectivity index (χ3n) is 2.39. The summed E-state index contributed by atoms with van der Waals surface area (Å²) in [7, 11) is -3.69. The van der Waals surface area contributed by atoms with Gasteiger partial charge in [0.2, 0.25) is 0 Å². The van der Waals surface area contributed by atoms with E-state index in [4.69, 9.17) is 5.11 Å². The Morgan fingerprint density at radius 2 is 1.89 bits per heavy atom. The van der Waals surface area contributed by atoms with Crippen molar-refractivity contribution >= 4 is 16.0 Å². The van der Waals surface area contributed by atoms with Crippen molar-refractivity contribution < 1.29 is 22.7 Å². The van der Waals surface area contributed by atoms with Gasteiger partial charge < -0.3 is 5.11 Å². The van der Waals surface area contributed by atoms with Crippen LogP contribution in [0.15, 0.2) is 30.5 Å². The predicted octanol–water partition coefficient (Wildman–Crippen LogP) is 1.20. The van der Waals surface area contributed by atoms with Crippen LogP contribution < -0.4 is 0 Å². The molecule has 2 aromatic rings. The Morgan fingerprint density at radius 3 is 2.37 bits per heavy atom. The minimum Gasteiger partial charge on any atom is -0.476 e. The van der Waals surface area contributed by atoms with Crippen LogP contribution in [-0.2, 0) is 10.0 Å². The van der Waals surface area contributed by atoms with E-state index in [-0.39, 0.29) is 5.56 Å². The summed E-state index contributed by atoms with van der Waals surface area (Å²) in [6, 6.07) is 5.01. The fourth-order valence-corrected chi connectivity index (χ4v) is 2.05.